The molecule has 1 aromatic rings. The number of rotatable bonds is 3. The summed E-state index contributed by atoms with van der Waals surface area (Å²) >= 11 is 5.17. The number of carbonyl (C=O) groups excluding carboxylic acids is 1. The molecule has 1 amide bonds. The highest BCUT2D eigenvalue weighted by molar-refractivity contribution is 9.10. The number of piperidine rings is 1. The van der Waals surface area contributed by atoms with E-state index in [0.717, 1.165) is 36.8 Å². The van der Waals surface area contributed by atoms with Crippen LogP contribution in [0, 0.1) is 11.3 Å². The zero-order valence-electron chi connectivity index (χ0n) is 10.2. The summed E-state index contributed by atoms with van der Waals surface area (Å²) in [4.78, 5) is 13.3. The molecule has 1 aromatic heterocycles. The predicted molar refractivity (Wildman–Crippen MR) is 76.5 cm³/mol. The van der Waals surface area contributed by atoms with Crippen LogP contribution >= 0.6 is 27.3 Å². The van der Waals surface area contributed by atoms with E-state index in [1.54, 1.807) is 11.3 Å². The standard InChI is InChI=1S/C13H17BrN2OS/c14-10-1-6-18-11(10)8-16-12(17)9-7-13(9)2-4-15-5-3-13/h1,6,9,15H,2-5,7-8H2,(H,16,17). The molecule has 98 valence electrons. The molecule has 1 spiro atoms. The van der Waals surface area contributed by atoms with Crippen molar-refractivity contribution in [1.29, 1.82) is 0 Å². The third kappa shape index (κ3) is 2.36. The first-order valence-electron chi connectivity index (χ1n) is 6.42. The quantitative estimate of drug-likeness (QED) is 0.895. The first-order valence-corrected chi connectivity index (χ1v) is 8.09. The highest BCUT2D eigenvalue weighted by Crippen LogP contribution is 2.58. The molecule has 0 bridgehead atoms. The van der Waals surface area contributed by atoms with Crippen molar-refractivity contribution in [2.75, 3.05) is 13.1 Å². The van der Waals surface area contributed by atoms with Crippen molar-refractivity contribution in [3.63, 3.8) is 0 Å². The van der Waals surface area contributed by atoms with Crippen molar-refractivity contribution in [2.45, 2.75) is 25.8 Å². The number of halogens is 1. The molecule has 2 heterocycles. The lowest BCUT2D eigenvalue weighted by Gasteiger charge is -2.23. The van der Waals surface area contributed by atoms with Crippen LogP contribution < -0.4 is 10.6 Å². The highest BCUT2D eigenvalue weighted by atomic mass is 79.9. The van der Waals surface area contributed by atoms with E-state index in [2.05, 4.69) is 26.6 Å². The third-order valence-electron chi connectivity index (χ3n) is 4.22. The van der Waals surface area contributed by atoms with Crippen LogP contribution in [0.5, 0.6) is 0 Å². The van der Waals surface area contributed by atoms with Gasteiger partial charge in [-0.3, -0.25) is 4.79 Å². The lowest BCUT2D eigenvalue weighted by Crippen LogP contribution is -2.33. The predicted octanol–water partition coefficient (Wildman–Crippen LogP) is 2.52. The van der Waals surface area contributed by atoms with E-state index in [1.165, 1.54) is 4.88 Å². The molecule has 18 heavy (non-hydrogen) atoms. The number of nitrogens with one attached hydrogen (secondary N) is 2. The van der Waals surface area contributed by atoms with Gasteiger partial charge in [0.2, 0.25) is 5.91 Å². The van der Waals surface area contributed by atoms with E-state index in [1.807, 2.05) is 11.4 Å². The van der Waals surface area contributed by atoms with Crippen molar-refractivity contribution in [1.82, 2.24) is 10.6 Å². The number of amides is 1. The summed E-state index contributed by atoms with van der Waals surface area (Å²) < 4.78 is 1.10. The summed E-state index contributed by atoms with van der Waals surface area (Å²) in [7, 11) is 0. The molecule has 5 heteroatoms. The van der Waals surface area contributed by atoms with E-state index < -0.39 is 0 Å². The maximum absolute atomic E-state index is 12.1. The van der Waals surface area contributed by atoms with E-state index in [9.17, 15) is 4.79 Å². The van der Waals surface area contributed by atoms with Crippen LogP contribution in [0.3, 0.4) is 0 Å². The smallest absolute Gasteiger partial charge is 0.223 e. The SMILES string of the molecule is O=C(NCc1sccc1Br)C1CC12CCNCC2. The summed E-state index contributed by atoms with van der Waals surface area (Å²) in [5.41, 5.74) is 0.335. The summed E-state index contributed by atoms with van der Waals surface area (Å²) in [6.07, 6.45) is 3.41. The molecule has 1 saturated heterocycles. The third-order valence-corrected chi connectivity index (χ3v) is 6.15. The Morgan fingerprint density at radius 3 is 3.00 bits per heavy atom. The van der Waals surface area contributed by atoms with Crippen molar-refractivity contribution >= 4 is 33.2 Å². The Morgan fingerprint density at radius 2 is 2.33 bits per heavy atom. The van der Waals surface area contributed by atoms with E-state index in [4.69, 9.17) is 0 Å². The molecular weight excluding hydrogens is 312 g/mol. The fourth-order valence-electron chi connectivity index (χ4n) is 2.94. The van der Waals surface area contributed by atoms with Crippen molar-refractivity contribution in [3.05, 3.63) is 20.8 Å². The lowest BCUT2D eigenvalue weighted by atomic mass is 9.92. The van der Waals surface area contributed by atoms with Gasteiger partial charge in [-0.2, -0.15) is 0 Å². The zero-order valence-corrected chi connectivity index (χ0v) is 12.6. The second kappa shape index (κ2) is 4.94. The van der Waals surface area contributed by atoms with Gasteiger partial charge in [0, 0.05) is 15.3 Å². The van der Waals surface area contributed by atoms with E-state index in [0.29, 0.717) is 12.0 Å². The van der Waals surface area contributed by atoms with Crippen molar-refractivity contribution in [2.24, 2.45) is 11.3 Å². The fourth-order valence-corrected chi connectivity index (χ4v) is 4.37. The van der Waals surface area contributed by atoms with Gasteiger partial charge < -0.3 is 10.6 Å². The molecule has 2 aliphatic rings. The Bertz CT molecular complexity index is 454. The second-order valence-electron chi connectivity index (χ2n) is 5.28. The molecule has 3 nitrogen and oxygen atoms in total. The molecular formula is C13H17BrN2OS. The average molecular weight is 329 g/mol. The van der Waals surface area contributed by atoms with Gasteiger partial charge in [0.25, 0.3) is 0 Å². The summed E-state index contributed by atoms with van der Waals surface area (Å²) in [5.74, 6) is 0.510. The van der Waals surface area contributed by atoms with Gasteiger partial charge in [-0.15, -0.1) is 11.3 Å². The van der Waals surface area contributed by atoms with Gasteiger partial charge in [-0.1, -0.05) is 0 Å². The maximum Gasteiger partial charge on any atom is 0.223 e. The lowest BCUT2D eigenvalue weighted by molar-refractivity contribution is -0.123. The molecule has 1 aliphatic heterocycles. The van der Waals surface area contributed by atoms with Crippen LogP contribution in [0.2, 0.25) is 0 Å². The van der Waals surface area contributed by atoms with Gasteiger partial charge in [0.05, 0.1) is 6.54 Å². The second-order valence-corrected chi connectivity index (χ2v) is 7.13. The zero-order chi connectivity index (χ0) is 12.6. The first kappa shape index (κ1) is 12.6. The van der Waals surface area contributed by atoms with Gasteiger partial charge in [0.1, 0.15) is 0 Å². The number of carbonyl (C=O) groups is 1. The highest BCUT2D eigenvalue weighted by Gasteiger charge is 2.57. The number of thiophene rings is 1. The van der Waals surface area contributed by atoms with Crippen molar-refractivity contribution < 1.29 is 4.79 Å². The molecule has 1 aliphatic carbocycles. The van der Waals surface area contributed by atoms with Crippen LogP contribution in [0.4, 0.5) is 0 Å². The van der Waals surface area contributed by atoms with Crippen LogP contribution in [-0.4, -0.2) is 19.0 Å². The average Bonchev–Trinajstić information content (AvgIpc) is 2.90. The van der Waals surface area contributed by atoms with Crippen LogP contribution in [0.1, 0.15) is 24.1 Å². The Hall–Kier alpha value is -0.390. The van der Waals surface area contributed by atoms with Crippen LogP contribution in [0.15, 0.2) is 15.9 Å². The van der Waals surface area contributed by atoms with Gasteiger partial charge >= 0.3 is 0 Å². The van der Waals surface area contributed by atoms with E-state index in [-0.39, 0.29) is 11.8 Å². The summed E-state index contributed by atoms with van der Waals surface area (Å²) in [6, 6.07) is 2.03. The fraction of sp³-hybridized carbons (Fsp3) is 0.615. The Labute approximate surface area is 119 Å². The number of hydrogen-bond donors (Lipinski definition) is 2. The minimum Gasteiger partial charge on any atom is -0.351 e. The van der Waals surface area contributed by atoms with Crippen LogP contribution in [-0.2, 0) is 11.3 Å². The Balaban J connectivity index is 1.53. The molecule has 1 unspecified atom stereocenters. The minimum absolute atomic E-state index is 0.247. The van der Waals surface area contributed by atoms with Crippen molar-refractivity contribution in [3.8, 4) is 0 Å². The van der Waals surface area contributed by atoms with E-state index >= 15 is 0 Å². The summed E-state index contributed by atoms with van der Waals surface area (Å²) in [5, 5.41) is 8.48. The summed E-state index contributed by atoms with van der Waals surface area (Å²) in [6.45, 7) is 2.79. The first-order chi connectivity index (χ1) is 8.71. The van der Waals surface area contributed by atoms with Gasteiger partial charge in [-0.05, 0) is 65.1 Å². The largest absolute Gasteiger partial charge is 0.351 e. The molecule has 0 radical (unpaired) electrons. The van der Waals surface area contributed by atoms with Gasteiger partial charge in [-0.25, -0.2) is 0 Å². The molecule has 2 fully saturated rings. The normalized spacial score (nSPS) is 25.1. The number of hydrogen-bond acceptors (Lipinski definition) is 3. The molecule has 2 N–H and O–H groups in total. The topological polar surface area (TPSA) is 41.1 Å². The minimum atomic E-state index is 0.247. The van der Waals surface area contributed by atoms with Crippen LogP contribution in [0.25, 0.3) is 0 Å². The molecule has 0 aromatic carbocycles. The maximum atomic E-state index is 12.1. The monoisotopic (exact) mass is 328 g/mol. The van der Waals surface area contributed by atoms with Gasteiger partial charge in [0.15, 0.2) is 0 Å². The molecule has 1 atom stereocenters. The molecule has 1 saturated carbocycles. The Kier molecular flexibility index (Phi) is 3.47. The Morgan fingerprint density at radius 1 is 1.56 bits per heavy atom. The molecule has 3 rings (SSSR count).